The Bertz CT molecular complexity index is 474. The molecule has 0 saturated carbocycles. The highest BCUT2D eigenvalue weighted by Crippen LogP contribution is 2.36. The third-order valence-corrected chi connectivity index (χ3v) is 4.34. The first-order chi connectivity index (χ1) is 8.41. The molecule has 3 N–H and O–H groups in total. The minimum absolute atomic E-state index is 0.121. The summed E-state index contributed by atoms with van der Waals surface area (Å²) in [6, 6.07) is 5.06. The van der Waals surface area contributed by atoms with Crippen LogP contribution in [-0.2, 0) is 0 Å². The first-order valence-corrected chi connectivity index (χ1v) is 6.90. The zero-order valence-electron chi connectivity index (χ0n) is 10.6. The summed E-state index contributed by atoms with van der Waals surface area (Å²) < 4.78 is 0.121. The summed E-state index contributed by atoms with van der Waals surface area (Å²) >= 11 is 1.91. The molecule has 98 valence electrons. The van der Waals surface area contributed by atoms with Crippen molar-refractivity contribution >= 4 is 29.1 Å². The van der Waals surface area contributed by atoms with Crippen LogP contribution in [0.2, 0.25) is 0 Å². The number of hydrogen-bond acceptors (Lipinski definition) is 4. The maximum absolute atomic E-state index is 11.3. The first kappa shape index (κ1) is 13.1. The second-order valence-corrected chi connectivity index (χ2v) is 6.88. The lowest BCUT2D eigenvalue weighted by Crippen LogP contribution is -2.44. The molecule has 1 aliphatic rings. The number of nitrogen functional groups attached to an aromatic ring is 1. The van der Waals surface area contributed by atoms with Crippen molar-refractivity contribution in [2.75, 3.05) is 29.5 Å². The van der Waals surface area contributed by atoms with E-state index in [-0.39, 0.29) is 10.3 Å². The molecule has 0 spiro atoms. The van der Waals surface area contributed by atoms with Crippen molar-refractivity contribution in [1.29, 1.82) is 0 Å². The van der Waals surface area contributed by atoms with Crippen LogP contribution in [0.15, 0.2) is 18.2 Å². The predicted octanol–water partition coefficient (Wildman–Crippen LogP) is 2.30. The lowest BCUT2D eigenvalue weighted by molar-refractivity contribution is 0.0697. The van der Waals surface area contributed by atoms with Gasteiger partial charge in [0.15, 0.2) is 0 Å². The van der Waals surface area contributed by atoms with Crippen molar-refractivity contribution in [3.05, 3.63) is 23.8 Å². The molecule has 0 aromatic heterocycles. The first-order valence-electron chi connectivity index (χ1n) is 5.91. The lowest BCUT2D eigenvalue weighted by atomic mass is 10.1. The topological polar surface area (TPSA) is 66.6 Å². The molecule has 4 nitrogen and oxygen atoms in total. The molecule has 1 fully saturated rings. The molecule has 0 unspecified atom stereocenters. The number of carboxylic acids is 1. The fourth-order valence-corrected chi connectivity index (χ4v) is 3.41. The van der Waals surface area contributed by atoms with Gasteiger partial charge in [0, 0.05) is 23.6 Å². The van der Waals surface area contributed by atoms with Crippen molar-refractivity contribution in [3.8, 4) is 0 Å². The third kappa shape index (κ3) is 2.56. The molecular formula is C13H18N2O2S. The quantitative estimate of drug-likeness (QED) is 0.804. The Morgan fingerprint density at radius 2 is 2.22 bits per heavy atom. The van der Waals surface area contributed by atoms with E-state index in [9.17, 15) is 9.90 Å². The van der Waals surface area contributed by atoms with Gasteiger partial charge in [0.1, 0.15) is 0 Å². The lowest BCUT2D eigenvalue weighted by Gasteiger charge is -2.39. The van der Waals surface area contributed by atoms with Crippen LogP contribution in [0.3, 0.4) is 0 Å². The van der Waals surface area contributed by atoms with Crippen LogP contribution in [0.25, 0.3) is 0 Å². The monoisotopic (exact) mass is 266 g/mol. The van der Waals surface area contributed by atoms with Gasteiger partial charge in [0.25, 0.3) is 0 Å². The standard InChI is InChI=1S/C13H18N2O2S/c1-13(2)8-15(6-7-18-13)11-9(12(16)17)4-3-5-10(11)14/h3-5H,6-8,14H2,1-2H3,(H,16,17). The number of carboxylic acid groups (broad SMARTS) is 1. The molecule has 0 bridgehead atoms. The summed E-state index contributed by atoms with van der Waals surface area (Å²) in [5, 5.41) is 9.26. The molecule has 1 heterocycles. The Kier molecular flexibility index (Phi) is 3.43. The summed E-state index contributed by atoms with van der Waals surface area (Å²) in [6.07, 6.45) is 0. The van der Waals surface area contributed by atoms with E-state index in [0.29, 0.717) is 11.4 Å². The number of rotatable bonds is 2. The van der Waals surface area contributed by atoms with Gasteiger partial charge in [-0.1, -0.05) is 6.07 Å². The van der Waals surface area contributed by atoms with Gasteiger partial charge >= 0.3 is 5.97 Å². The molecule has 2 rings (SSSR count). The van der Waals surface area contributed by atoms with Crippen molar-refractivity contribution in [2.45, 2.75) is 18.6 Å². The molecular weight excluding hydrogens is 248 g/mol. The highest BCUT2D eigenvalue weighted by Gasteiger charge is 2.30. The Morgan fingerprint density at radius 1 is 1.50 bits per heavy atom. The molecule has 1 aromatic carbocycles. The van der Waals surface area contributed by atoms with E-state index in [4.69, 9.17) is 5.73 Å². The van der Waals surface area contributed by atoms with Crippen LogP contribution in [-0.4, -0.2) is 34.7 Å². The number of carbonyl (C=O) groups is 1. The van der Waals surface area contributed by atoms with E-state index in [1.807, 2.05) is 11.8 Å². The fraction of sp³-hybridized carbons (Fsp3) is 0.462. The number of nitrogens with two attached hydrogens (primary N) is 1. The van der Waals surface area contributed by atoms with Gasteiger partial charge in [0.05, 0.1) is 16.9 Å². The maximum Gasteiger partial charge on any atom is 0.337 e. The molecule has 1 aromatic rings. The average Bonchev–Trinajstić information content (AvgIpc) is 2.27. The number of aromatic carboxylic acids is 1. The summed E-state index contributed by atoms with van der Waals surface area (Å²) in [4.78, 5) is 13.4. The number of thioether (sulfide) groups is 1. The van der Waals surface area contributed by atoms with E-state index in [2.05, 4.69) is 18.7 Å². The number of anilines is 2. The number of hydrogen-bond donors (Lipinski definition) is 2. The molecule has 0 amide bonds. The van der Waals surface area contributed by atoms with E-state index in [1.165, 1.54) is 0 Å². The average molecular weight is 266 g/mol. The Labute approximate surface area is 111 Å². The van der Waals surface area contributed by atoms with Gasteiger partial charge in [-0.3, -0.25) is 0 Å². The number of para-hydroxylation sites is 1. The van der Waals surface area contributed by atoms with Crippen LogP contribution in [0, 0.1) is 0 Å². The predicted molar refractivity (Wildman–Crippen MR) is 76.6 cm³/mol. The molecule has 0 aliphatic carbocycles. The van der Waals surface area contributed by atoms with Gasteiger partial charge in [-0.15, -0.1) is 0 Å². The molecule has 18 heavy (non-hydrogen) atoms. The molecule has 1 aliphatic heterocycles. The highest BCUT2D eigenvalue weighted by molar-refractivity contribution is 8.00. The summed E-state index contributed by atoms with van der Waals surface area (Å²) in [5.41, 5.74) is 7.46. The number of nitrogens with zero attached hydrogens (tertiary/aromatic N) is 1. The molecule has 5 heteroatoms. The van der Waals surface area contributed by atoms with Crippen LogP contribution in [0.5, 0.6) is 0 Å². The fourth-order valence-electron chi connectivity index (χ4n) is 2.29. The van der Waals surface area contributed by atoms with Gasteiger partial charge in [-0.05, 0) is 26.0 Å². The molecule has 0 atom stereocenters. The van der Waals surface area contributed by atoms with Crippen LogP contribution in [0.4, 0.5) is 11.4 Å². The normalized spacial score (nSPS) is 18.7. The van der Waals surface area contributed by atoms with E-state index < -0.39 is 5.97 Å². The third-order valence-electron chi connectivity index (χ3n) is 3.04. The van der Waals surface area contributed by atoms with Crippen LogP contribution in [0.1, 0.15) is 24.2 Å². The van der Waals surface area contributed by atoms with Gasteiger partial charge in [-0.2, -0.15) is 11.8 Å². The van der Waals surface area contributed by atoms with Gasteiger partial charge in [-0.25, -0.2) is 4.79 Å². The zero-order chi connectivity index (χ0) is 13.3. The van der Waals surface area contributed by atoms with Crippen LogP contribution < -0.4 is 10.6 Å². The van der Waals surface area contributed by atoms with Crippen LogP contribution >= 0.6 is 11.8 Å². The van der Waals surface area contributed by atoms with Gasteiger partial charge < -0.3 is 15.7 Å². The SMILES string of the molecule is CC1(C)CN(c2c(N)cccc2C(=O)O)CCS1. The van der Waals surface area contributed by atoms with Crippen molar-refractivity contribution < 1.29 is 9.90 Å². The number of benzene rings is 1. The molecule has 1 saturated heterocycles. The van der Waals surface area contributed by atoms with Crippen molar-refractivity contribution in [1.82, 2.24) is 0 Å². The Hall–Kier alpha value is -1.36. The Balaban J connectivity index is 2.41. The van der Waals surface area contributed by atoms with Crippen molar-refractivity contribution in [3.63, 3.8) is 0 Å². The summed E-state index contributed by atoms with van der Waals surface area (Å²) in [6.45, 7) is 5.99. The second-order valence-electron chi connectivity index (χ2n) is 5.08. The minimum Gasteiger partial charge on any atom is -0.478 e. The minimum atomic E-state index is -0.923. The van der Waals surface area contributed by atoms with E-state index in [1.54, 1.807) is 18.2 Å². The van der Waals surface area contributed by atoms with Crippen molar-refractivity contribution in [2.24, 2.45) is 0 Å². The smallest absolute Gasteiger partial charge is 0.337 e. The zero-order valence-corrected chi connectivity index (χ0v) is 11.5. The maximum atomic E-state index is 11.3. The largest absolute Gasteiger partial charge is 0.478 e. The highest BCUT2D eigenvalue weighted by atomic mass is 32.2. The summed E-state index contributed by atoms with van der Waals surface area (Å²) in [7, 11) is 0. The summed E-state index contributed by atoms with van der Waals surface area (Å²) in [5.74, 6) is 0.0637. The van der Waals surface area contributed by atoms with E-state index >= 15 is 0 Å². The van der Waals surface area contributed by atoms with Gasteiger partial charge in [0.2, 0.25) is 0 Å². The molecule has 0 radical (unpaired) electrons. The van der Waals surface area contributed by atoms with E-state index in [0.717, 1.165) is 18.8 Å². The second kappa shape index (κ2) is 4.72. The Morgan fingerprint density at radius 3 is 2.83 bits per heavy atom.